The minimum absolute atomic E-state index is 0.369. The number of hydrogen-bond acceptors (Lipinski definition) is 7. The van der Waals surface area contributed by atoms with Crippen molar-refractivity contribution in [3.63, 3.8) is 0 Å². The molecule has 0 spiro atoms. The summed E-state index contributed by atoms with van der Waals surface area (Å²) in [6.45, 7) is 6.02. The van der Waals surface area contributed by atoms with Crippen molar-refractivity contribution in [2.45, 2.75) is 52.0 Å². The standard InChI is InChI=1S/C29H32FN7O2S.C2H6/c1-4-18-10-13-24(30)23(16-18)26(33-20-11-12-21-19(17-20)14-15-32-27(21)31)29-34-28(35-37(29)2)22-8-6-5-7-9-25(22)36-40(3,38)39;1-2/h5,7,9-17,22,26,33,36H,4,6,8H2,1-3H3,(H2,31,32);1-2H3. The molecular weight excluding hydrogens is 553 g/mol. The number of aryl methyl sites for hydroxylation is 2. The molecule has 42 heavy (non-hydrogen) atoms. The van der Waals surface area contributed by atoms with E-state index in [2.05, 4.69) is 15.0 Å². The van der Waals surface area contributed by atoms with Gasteiger partial charge >= 0.3 is 0 Å². The third kappa shape index (κ3) is 6.96. The highest BCUT2D eigenvalue weighted by Gasteiger charge is 2.29. The molecule has 222 valence electrons. The lowest BCUT2D eigenvalue weighted by Crippen LogP contribution is -2.25. The average molecular weight is 592 g/mol. The summed E-state index contributed by atoms with van der Waals surface area (Å²) in [5, 5.41) is 9.88. The van der Waals surface area contributed by atoms with E-state index in [4.69, 9.17) is 15.8 Å². The number of allylic oxidation sites excluding steroid dienone is 4. The van der Waals surface area contributed by atoms with E-state index in [1.165, 1.54) is 6.07 Å². The van der Waals surface area contributed by atoms with Crippen molar-refractivity contribution in [2.24, 2.45) is 7.05 Å². The molecule has 0 saturated carbocycles. The van der Waals surface area contributed by atoms with Crippen LogP contribution in [0.25, 0.3) is 10.8 Å². The van der Waals surface area contributed by atoms with Gasteiger partial charge in [0.15, 0.2) is 11.6 Å². The Kier molecular flexibility index (Phi) is 9.62. The van der Waals surface area contributed by atoms with Crippen LogP contribution in [-0.2, 0) is 23.5 Å². The number of nitrogens with one attached hydrogen (secondary N) is 2. The molecule has 0 radical (unpaired) electrons. The summed E-state index contributed by atoms with van der Waals surface area (Å²) in [4.78, 5) is 9.04. The number of pyridine rings is 1. The smallest absolute Gasteiger partial charge is 0.229 e. The van der Waals surface area contributed by atoms with Crippen molar-refractivity contribution in [1.29, 1.82) is 0 Å². The molecule has 0 amide bonds. The number of benzene rings is 2. The maximum atomic E-state index is 15.4. The molecule has 2 heterocycles. The molecule has 2 aromatic heterocycles. The number of nitrogens with two attached hydrogens (primary N) is 1. The van der Waals surface area contributed by atoms with Crippen LogP contribution in [0.2, 0.25) is 0 Å². The van der Waals surface area contributed by atoms with Gasteiger partial charge in [0.2, 0.25) is 10.0 Å². The monoisotopic (exact) mass is 591 g/mol. The zero-order chi connectivity index (χ0) is 30.4. The minimum Gasteiger partial charge on any atom is -0.383 e. The number of nitrogens with zero attached hydrogens (tertiary/aromatic N) is 4. The van der Waals surface area contributed by atoms with E-state index in [1.54, 1.807) is 30.1 Å². The fourth-order valence-electron chi connectivity index (χ4n) is 4.98. The summed E-state index contributed by atoms with van der Waals surface area (Å²) >= 11 is 0. The van der Waals surface area contributed by atoms with E-state index in [9.17, 15) is 8.42 Å². The van der Waals surface area contributed by atoms with Crippen molar-refractivity contribution >= 4 is 32.3 Å². The molecule has 4 N–H and O–H groups in total. The number of hydrogen-bond donors (Lipinski definition) is 3. The summed E-state index contributed by atoms with van der Waals surface area (Å²) in [5.74, 6) is 0.636. The normalized spacial score (nSPS) is 15.8. The van der Waals surface area contributed by atoms with Crippen LogP contribution in [0.1, 0.15) is 68.3 Å². The van der Waals surface area contributed by atoms with Gasteiger partial charge in [-0.1, -0.05) is 45.1 Å². The van der Waals surface area contributed by atoms with Crippen LogP contribution in [-0.4, -0.2) is 34.4 Å². The van der Waals surface area contributed by atoms with Crippen molar-refractivity contribution < 1.29 is 12.8 Å². The summed E-state index contributed by atoms with van der Waals surface area (Å²) in [6, 6.07) is 12.0. The average Bonchev–Trinajstić information content (AvgIpc) is 3.19. The Balaban J connectivity index is 0.00000198. The molecule has 2 atom stereocenters. The molecule has 4 aromatic rings. The first-order chi connectivity index (χ1) is 20.1. The van der Waals surface area contributed by atoms with E-state index in [-0.39, 0.29) is 11.7 Å². The molecule has 0 saturated heterocycles. The molecule has 0 fully saturated rings. The van der Waals surface area contributed by atoms with Gasteiger partial charge in [-0.3, -0.25) is 9.40 Å². The lowest BCUT2D eigenvalue weighted by molar-refractivity contribution is 0.583. The van der Waals surface area contributed by atoms with Crippen LogP contribution in [0.3, 0.4) is 0 Å². The lowest BCUT2D eigenvalue weighted by atomic mass is 9.99. The molecule has 9 nitrogen and oxygen atoms in total. The SMILES string of the molecule is CC.CCc1ccc(F)c(C(Nc2ccc3c(N)nccc3c2)c2nc(C3CCC=CC=C3NS(C)(=O)=O)nn2C)c1. The Labute approximate surface area is 246 Å². The van der Waals surface area contributed by atoms with E-state index >= 15 is 4.39 Å². The van der Waals surface area contributed by atoms with Gasteiger partial charge in [-0.2, -0.15) is 5.10 Å². The van der Waals surface area contributed by atoms with Gasteiger partial charge in [0.25, 0.3) is 0 Å². The fraction of sp³-hybridized carbons (Fsp3) is 0.323. The second-order valence-corrected chi connectivity index (χ2v) is 11.7. The minimum atomic E-state index is -3.51. The molecule has 0 bridgehead atoms. The first-order valence-corrected chi connectivity index (χ1v) is 16.0. The highest BCUT2D eigenvalue weighted by atomic mass is 32.2. The summed E-state index contributed by atoms with van der Waals surface area (Å²) in [5.41, 5.74) is 8.70. The Hall–Kier alpha value is -4.25. The molecule has 2 aromatic carbocycles. The Morgan fingerprint density at radius 2 is 1.95 bits per heavy atom. The van der Waals surface area contributed by atoms with Gasteiger partial charge in [0, 0.05) is 35.6 Å². The van der Waals surface area contributed by atoms with Crippen LogP contribution < -0.4 is 15.8 Å². The predicted octanol–water partition coefficient (Wildman–Crippen LogP) is 5.74. The van der Waals surface area contributed by atoms with Crippen LogP contribution in [0.15, 0.2) is 72.6 Å². The highest BCUT2D eigenvalue weighted by molar-refractivity contribution is 7.88. The van der Waals surface area contributed by atoms with Gasteiger partial charge in [0.05, 0.1) is 12.2 Å². The van der Waals surface area contributed by atoms with Crippen molar-refractivity contribution in [3.8, 4) is 0 Å². The molecular formula is C31H38FN7O2S. The van der Waals surface area contributed by atoms with Gasteiger partial charge in [-0.25, -0.2) is 22.8 Å². The Bertz CT molecular complexity index is 1730. The number of nitrogen functional groups attached to an aromatic ring is 1. The highest BCUT2D eigenvalue weighted by Crippen LogP contribution is 2.33. The predicted molar refractivity (Wildman–Crippen MR) is 167 cm³/mol. The maximum absolute atomic E-state index is 15.4. The number of halogens is 1. The summed E-state index contributed by atoms with van der Waals surface area (Å²) in [7, 11) is -1.75. The molecule has 5 rings (SSSR count). The molecule has 0 aliphatic heterocycles. The second-order valence-electron chi connectivity index (χ2n) is 9.93. The van der Waals surface area contributed by atoms with Gasteiger partial charge in [-0.15, -0.1) is 0 Å². The van der Waals surface area contributed by atoms with Crippen molar-refractivity contribution in [3.05, 3.63) is 101 Å². The number of anilines is 2. The molecule has 1 aliphatic rings. The number of sulfonamides is 1. The van der Waals surface area contributed by atoms with Crippen LogP contribution in [0, 0.1) is 5.82 Å². The molecule has 1 aliphatic carbocycles. The van der Waals surface area contributed by atoms with E-state index < -0.39 is 16.1 Å². The van der Waals surface area contributed by atoms with Crippen molar-refractivity contribution in [1.82, 2.24) is 24.5 Å². The number of aromatic nitrogens is 4. The topological polar surface area (TPSA) is 128 Å². The number of rotatable bonds is 8. The Morgan fingerprint density at radius 1 is 1.17 bits per heavy atom. The molecule has 11 heteroatoms. The van der Waals surface area contributed by atoms with Gasteiger partial charge < -0.3 is 11.1 Å². The third-order valence-electron chi connectivity index (χ3n) is 6.98. The van der Waals surface area contributed by atoms with Crippen molar-refractivity contribution in [2.75, 3.05) is 17.3 Å². The first kappa shape index (κ1) is 30.7. The van der Waals surface area contributed by atoms with E-state index in [0.717, 1.165) is 41.1 Å². The van der Waals surface area contributed by atoms with Gasteiger partial charge in [0.1, 0.15) is 17.7 Å². The third-order valence-corrected chi connectivity index (χ3v) is 7.59. The van der Waals surface area contributed by atoms with E-state index in [1.807, 2.05) is 63.3 Å². The zero-order valence-corrected chi connectivity index (χ0v) is 25.4. The second kappa shape index (κ2) is 13.2. The van der Waals surface area contributed by atoms with Crippen LogP contribution in [0.4, 0.5) is 15.9 Å². The van der Waals surface area contributed by atoms with Gasteiger partial charge in [-0.05, 0) is 66.6 Å². The van der Waals surface area contributed by atoms with Crippen LogP contribution >= 0.6 is 0 Å². The zero-order valence-electron chi connectivity index (χ0n) is 24.6. The lowest BCUT2D eigenvalue weighted by Gasteiger charge is -2.21. The van der Waals surface area contributed by atoms with E-state index in [0.29, 0.717) is 35.1 Å². The quantitative estimate of drug-likeness (QED) is 0.238. The van der Waals surface area contributed by atoms with Crippen LogP contribution in [0.5, 0.6) is 0 Å². The largest absolute Gasteiger partial charge is 0.383 e. The number of fused-ring (bicyclic) bond motifs is 1. The fourth-order valence-corrected chi connectivity index (χ4v) is 5.62. The maximum Gasteiger partial charge on any atom is 0.229 e. The first-order valence-electron chi connectivity index (χ1n) is 14.1. The molecule has 2 unspecified atom stereocenters. The Morgan fingerprint density at radius 3 is 2.69 bits per heavy atom. The summed E-state index contributed by atoms with van der Waals surface area (Å²) in [6.07, 6.45) is 10.4. The summed E-state index contributed by atoms with van der Waals surface area (Å²) < 4.78 is 43.8.